The van der Waals surface area contributed by atoms with E-state index >= 15 is 0 Å². The molecule has 1 aliphatic heterocycles. The number of nitrogens with zero attached hydrogens (tertiary/aromatic N) is 1. The molecule has 1 fully saturated rings. The lowest BCUT2D eigenvalue weighted by Crippen LogP contribution is -2.41. The first-order valence-corrected chi connectivity index (χ1v) is 11.5. The van der Waals surface area contributed by atoms with Crippen LogP contribution in [0.3, 0.4) is 0 Å². The van der Waals surface area contributed by atoms with Crippen LogP contribution in [-0.2, 0) is 10.0 Å². The first-order valence-electron chi connectivity index (χ1n) is 8.85. The van der Waals surface area contributed by atoms with Gasteiger partial charge in [-0.3, -0.25) is 4.79 Å². The maximum Gasteiger partial charge on any atom is 0.265 e. The van der Waals surface area contributed by atoms with Gasteiger partial charge in [0.05, 0.1) is 13.4 Å². The van der Waals surface area contributed by atoms with E-state index in [4.69, 9.17) is 4.74 Å². The second-order valence-corrected chi connectivity index (χ2v) is 9.72. The van der Waals surface area contributed by atoms with Crippen LogP contribution < -0.4 is 10.1 Å². The second-order valence-electron chi connectivity index (χ2n) is 6.69. The number of amides is 1. The number of carbonyl (C=O) groups is 1. The Morgan fingerprint density at radius 2 is 1.93 bits per heavy atom. The second kappa shape index (κ2) is 8.41. The first kappa shape index (κ1) is 19.9. The van der Waals surface area contributed by atoms with Crippen molar-refractivity contribution in [2.24, 2.45) is 5.92 Å². The van der Waals surface area contributed by atoms with Gasteiger partial charge in [-0.2, -0.15) is 0 Å². The summed E-state index contributed by atoms with van der Waals surface area (Å²) < 4.78 is 30.0. The molecule has 146 valence electrons. The van der Waals surface area contributed by atoms with Gasteiger partial charge in [-0.15, -0.1) is 11.3 Å². The molecule has 0 spiro atoms. The molecule has 0 unspecified atom stereocenters. The number of thiophene rings is 1. The van der Waals surface area contributed by atoms with Crippen LogP contribution in [0.1, 0.15) is 22.5 Å². The van der Waals surface area contributed by atoms with E-state index in [0.717, 1.165) is 23.3 Å². The van der Waals surface area contributed by atoms with Crippen molar-refractivity contribution in [2.75, 3.05) is 33.0 Å². The minimum atomic E-state index is -3.13. The van der Waals surface area contributed by atoms with Crippen molar-refractivity contribution in [2.45, 2.75) is 12.8 Å². The highest BCUT2D eigenvalue weighted by Gasteiger charge is 2.26. The van der Waals surface area contributed by atoms with Crippen molar-refractivity contribution >= 4 is 27.3 Å². The van der Waals surface area contributed by atoms with E-state index < -0.39 is 10.0 Å². The molecule has 0 saturated carbocycles. The van der Waals surface area contributed by atoms with Gasteiger partial charge in [0.2, 0.25) is 10.0 Å². The predicted octanol–water partition coefficient (Wildman–Crippen LogP) is 2.83. The van der Waals surface area contributed by atoms with Crippen LogP contribution in [-0.4, -0.2) is 51.6 Å². The summed E-state index contributed by atoms with van der Waals surface area (Å²) in [5, 5.41) is 2.99. The molecule has 1 N–H and O–H groups in total. The number of piperidine rings is 1. The largest absolute Gasteiger partial charge is 0.495 e. The van der Waals surface area contributed by atoms with Gasteiger partial charge in [-0.1, -0.05) is 30.3 Å². The van der Waals surface area contributed by atoms with E-state index in [1.807, 2.05) is 36.4 Å². The molecule has 27 heavy (non-hydrogen) atoms. The molecule has 8 heteroatoms. The Morgan fingerprint density at radius 1 is 1.26 bits per heavy atom. The molecule has 0 bridgehead atoms. The van der Waals surface area contributed by atoms with Crippen molar-refractivity contribution in [3.05, 3.63) is 41.3 Å². The predicted molar refractivity (Wildman–Crippen MR) is 108 cm³/mol. The maximum absolute atomic E-state index is 12.6. The summed E-state index contributed by atoms with van der Waals surface area (Å²) in [7, 11) is -1.56. The molecule has 1 saturated heterocycles. The van der Waals surface area contributed by atoms with Gasteiger partial charge in [0.1, 0.15) is 10.6 Å². The molecule has 3 rings (SSSR count). The molecule has 2 aromatic rings. The van der Waals surface area contributed by atoms with Crippen molar-refractivity contribution in [3.8, 4) is 16.2 Å². The lowest BCUT2D eigenvalue weighted by atomic mass is 9.98. The minimum Gasteiger partial charge on any atom is -0.495 e. The molecule has 2 heterocycles. The third kappa shape index (κ3) is 4.88. The van der Waals surface area contributed by atoms with Gasteiger partial charge in [0, 0.05) is 24.5 Å². The molecule has 0 radical (unpaired) electrons. The van der Waals surface area contributed by atoms with E-state index in [2.05, 4.69) is 5.32 Å². The zero-order valence-electron chi connectivity index (χ0n) is 15.5. The topological polar surface area (TPSA) is 75.7 Å². The summed E-state index contributed by atoms with van der Waals surface area (Å²) >= 11 is 1.41. The molecule has 0 aliphatic carbocycles. The summed E-state index contributed by atoms with van der Waals surface area (Å²) in [5.41, 5.74) is 1.05. The number of methoxy groups -OCH3 is 1. The zero-order chi connectivity index (χ0) is 19.4. The zero-order valence-corrected chi connectivity index (χ0v) is 17.1. The fraction of sp³-hybridized carbons (Fsp3) is 0.421. The summed E-state index contributed by atoms with van der Waals surface area (Å²) in [5.74, 6) is 0.708. The highest BCUT2D eigenvalue weighted by atomic mass is 32.2. The van der Waals surface area contributed by atoms with Crippen molar-refractivity contribution < 1.29 is 17.9 Å². The Bertz CT molecular complexity index is 886. The van der Waals surface area contributed by atoms with Crippen LogP contribution in [0.5, 0.6) is 5.75 Å². The average Bonchev–Trinajstić information content (AvgIpc) is 3.11. The number of hydrogen-bond donors (Lipinski definition) is 1. The summed E-state index contributed by atoms with van der Waals surface area (Å²) in [6, 6.07) is 11.8. The third-order valence-corrected chi connectivity index (χ3v) is 7.24. The molecular weight excluding hydrogens is 384 g/mol. The lowest BCUT2D eigenvalue weighted by Gasteiger charge is -2.30. The van der Waals surface area contributed by atoms with E-state index in [-0.39, 0.29) is 11.8 Å². The van der Waals surface area contributed by atoms with Crippen LogP contribution >= 0.6 is 11.3 Å². The smallest absolute Gasteiger partial charge is 0.265 e. The van der Waals surface area contributed by atoms with Crippen molar-refractivity contribution in [1.29, 1.82) is 0 Å². The van der Waals surface area contributed by atoms with Crippen LogP contribution in [0, 0.1) is 5.92 Å². The molecular formula is C19H24N2O4S2. The fourth-order valence-electron chi connectivity index (χ4n) is 3.19. The lowest BCUT2D eigenvalue weighted by molar-refractivity contribution is 0.0943. The van der Waals surface area contributed by atoms with Gasteiger partial charge in [0.15, 0.2) is 0 Å². The van der Waals surface area contributed by atoms with Gasteiger partial charge < -0.3 is 10.1 Å². The summed E-state index contributed by atoms with van der Waals surface area (Å²) in [6.45, 7) is 1.57. The van der Waals surface area contributed by atoms with E-state index in [0.29, 0.717) is 30.3 Å². The Labute approximate surface area is 164 Å². The fourth-order valence-corrected chi connectivity index (χ4v) is 5.11. The Hall–Kier alpha value is -1.90. The SMILES string of the molecule is COc1cc(-c2ccccc2)sc1C(=O)NCC1CCN(S(C)(=O)=O)CC1. The standard InChI is InChI=1S/C19H24N2O4S2/c1-25-16-12-17(15-6-4-3-5-7-15)26-18(16)19(22)20-13-14-8-10-21(11-9-14)27(2,23)24/h3-7,12,14H,8-11,13H2,1-2H3,(H,20,22). The maximum atomic E-state index is 12.6. The molecule has 6 nitrogen and oxygen atoms in total. The monoisotopic (exact) mass is 408 g/mol. The first-order chi connectivity index (χ1) is 12.9. The van der Waals surface area contributed by atoms with Crippen molar-refractivity contribution in [3.63, 3.8) is 0 Å². The van der Waals surface area contributed by atoms with Crippen LogP contribution in [0.2, 0.25) is 0 Å². The van der Waals surface area contributed by atoms with Crippen LogP contribution in [0.25, 0.3) is 10.4 Å². The number of sulfonamides is 1. The average molecular weight is 409 g/mol. The molecule has 1 aromatic carbocycles. The van der Waals surface area contributed by atoms with Gasteiger partial charge >= 0.3 is 0 Å². The highest BCUT2D eigenvalue weighted by Crippen LogP contribution is 2.36. The summed E-state index contributed by atoms with van der Waals surface area (Å²) in [4.78, 5) is 14.2. The number of ether oxygens (including phenoxy) is 1. The Morgan fingerprint density at radius 3 is 2.52 bits per heavy atom. The number of rotatable bonds is 6. The van der Waals surface area contributed by atoms with Gasteiger partial charge in [-0.25, -0.2) is 12.7 Å². The van der Waals surface area contributed by atoms with Gasteiger partial charge in [-0.05, 0) is 30.4 Å². The van der Waals surface area contributed by atoms with E-state index in [1.54, 1.807) is 7.11 Å². The summed E-state index contributed by atoms with van der Waals surface area (Å²) in [6.07, 6.45) is 2.75. The number of hydrogen-bond acceptors (Lipinski definition) is 5. The quantitative estimate of drug-likeness (QED) is 0.797. The normalized spacial score (nSPS) is 16.2. The minimum absolute atomic E-state index is 0.149. The van der Waals surface area contributed by atoms with Crippen LogP contribution in [0.15, 0.2) is 36.4 Å². The van der Waals surface area contributed by atoms with Crippen molar-refractivity contribution in [1.82, 2.24) is 9.62 Å². The number of nitrogens with one attached hydrogen (secondary N) is 1. The molecule has 1 amide bonds. The number of carbonyl (C=O) groups excluding carboxylic acids is 1. The Kier molecular flexibility index (Phi) is 6.18. The van der Waals surface area contributed by atoms with E-state index in [9.17, 15) is 13.2 Å². The number of benzene rings is 1. The Balaban J connectivity index is 1.61. The van der Waals surface area contributed by atoms with Crippen LogP contribution in [0.4, 0.5) is 0 Å². The molecule has 1 aromatic heterocycles. The van der Waals surface area contributed by atoms with Gasteiger partial charge in [0.25, 0.3) is 5.91 Å². The van der Waals surface area contributed by atoms with E-state index in [1.165, 1.54) is 21.9 Å². The molecule has 1 aliphatic rings. The third-order valence-electron chi connectivity index (χ3n) is 4.78. The molecule has 0 atom stereocenters. The highest BCUT2D eigenvalue weighted by molar-refractivity contribution is 7.88.